The van der Waals surface area contributed by atoms with Crippen molar-refractivity contribution < 1.29 is 9.90 Å². The van der Waals surface area contributed by atoms with E-state index in [1.54, 1.807) is 6.20 Å². The number of carbonyl (C=O) groups excluding carboxylic acids is 1. The number of thiazole rings is 1. The van der Waals surface area contributed by atoms with Crippen LogP contribution < -0.4 is 5.32 Å². The molecular formula is C14H18N2O2S2. The van der Waals surface area contributed by atoms with Crippen LogP contribution in [0.15, 0.2) is 6.20 Å². The molecule has 2 rings (SSSR count). The summed E-state index contributed by atoms with van der Waals surface area (Å²) < 4.78 is 0. The number of hydrogen-bond donors (Lipinski definition) is 2. The van der Waals surface area contributed by atoms with Crippen LogP contribution in [0.1, 0.15) is 30.6 Å². The molecule has 1 amide bonds. The Morgan fingerprint density at radius 3 is 3.05 bits per heavy atom. The van der Waals surface area contributed by atoms with Crippen molar-refractivity contribution in [2.45, 2.75) is 25.7 Å². The fourth-order valence-electron chi connectivity index (χ4n) is 1.98. The van der Waals surface area contributed by atoms with Crippen LogP contribution >= 0.6 is 23.1 Å². The van der Waals surface area contributed by atoms with E-state index in [2.05, 4.69) is 22.1 Å². The third kappa shape index (κ3) is 5.16. The van der Waals surface area contributed by atoms with Crippen molar-refractivity contribution in [3.8, 4) is 11.8 Å². The molecule has 1 aromatic heterocycles. The van der Waals surface area contributed by atoms with Gasteiger partial charge < -0.3 is 10.4 Å². The fourth-order valence-corrected chi connectivity index (χ4v) is 3.89. The van der Waals surface area contributed by atoms with Crippen molar-refractivity contribution in [1.82, 2.24) is 4.98 Å². The van der Waals surface area contributed by atoms with Crippen LogP contribution in [0.4, 0.5) is 5.13 Å². The number of aliphatic hydroxyl groups excluding tert-OH is 1. The van der Waals surface area contributed by atoms with Crippen LogP contribution in [0.3, 0.4) is 0 Å². The summed E-state index contributed by atoms with van der Waals surface area (Å²) in [5, 5.41) is 12.1. The molecule has 1 saturated heterocycles. The van der Waals surface area contributed by atoms with Crippen LogP contribution in [0.25, 0.3) is 0 Å². The van der Waals surface area contributed by atoms with Crippen molar-refractivity contribution in [1.29, 1.82) is 0 Å². The summed E-state index contributed by atoms with van der Waals surface area (Å²) in [6.07, 6.45) is 4.97. The summed E-state index contributed by atoms with van der Waals surface area (Å²) in [6, 6.07) is 0. The monoisotopic (exact) mass is 310 g/mol. The number of aromatic nitrogens is 1. The van der Waals surface area contributed by atoms with Gasteiger partial charge in [0.2, 0.25) is 5.91 Å². The van der Waals surface area contributed by atoms with Crippen LogP contribution in [-0.2, 0) is 4.79 Å². The molecule has 1 aliphatic heterocycles. The summed E-state index contributed by atoms with van der Waals surface area (Å²) in [5.41, 5.74) is 0. The summed E-state index contributed by atoms with van der Waals surface area (Å²) in [5.74, 6) is 8.65. The first kappa shape index (κ1) is 15.4. The molecule has 0 aromatic carbocycles. The molecule has 1 aliphatic rings. The predicted octanol–water partition coefficient (Wildman–Crippen LogP) is 2.35. The maximum absolute atomic E-state index is 11.9. The van der Waals surface area contributed by atoms with Crippen LogP contribution in [-0.4, -0.2) is 34.1 Å². The van der Waals surface area contributed by atoms with E-state index >= 15 is 0 Å². The van der Waals surface area contributed by atoms with Gasteiger partial charge in [0.05, 0.1) is 17.7 Å². The first-order chi connectivity index (χ1) is 9.78. The van der Waals surface area contributed by atoms with Gasteiger partial charge in [-0.15, -0.1) is 0 Å². The smallest absolute Gasteiger partial charge is 0.226 e. The molecular weight excluding hydrogens is 292 g/mol. The lowest BCUT2D eigenvalue weighted by Gasteiger charge is -2.20. The standard InChI is InChI=1S/C14H18N2O2S2/c17-6-2-1-3-12-10-15-14(20-12)16-13(18)9-11-4-7-19-8-5-11/h10-11,17H,2,4-9H2,(H,15,16,18). The molecule has 6 heteroatoms. The van der Waals surface area contributed by atoms with Gasteiger partial charge in [-0.05, 0) is 30.3 Å². The Labute approximate surface area is 127 Å². The lowest BCUT2D eigenvalue weighted by atomic mass is 9.99. The van der Waals surface area contributed by atoms with Gasteiger partial charge in [-0.1, -0.05) is 23.2 Å². The van der Waals surface area contributed by atoms with Gasteiger partial charge in [0.25, 0.3) is 0 Å². The molecule has 0 aliphatic carbocycles. The molecule has 4 nitrogen and oxygen atoms in total. The molecule has 1 aromatic rings. The number of rotatable bonds is 4. The summed E-state index contributed by atoms with van der Waals surface area (Å²) >= 11 is 3.34. The minimum atomic E-state index is 0.0473. The Morgan fingerprint density at radius 1 is 1.50 bits per heavy atom. The predicted molar refractivity (Wildman–Crippen MR) is 84.0 cm³/mol. The lowest BCUT2D eigenvalue weighted by Crippen LogP contribution is -2.19. The molecule has 0 unspecified atom stereocenters. The number of aliphatic hydroxyl groups is 1. The summed E-state index contributed by atoms with van der Waals surface area (Å²) in [4.78, 5) is 16.9. The van der Waals surface area contributed by atoms with E-state index in [0.29, 0.717) is 23.9 Å². The Balaban J connectivity index is 1.80. The van der Waals surface area contributed by atoms with Gasteiger partial charge >= 0.3 is 0 Å². The van der Waals surface area contributed by atoms with E-state index in [1.165, 1.54) is 22.8 Å². The zero-order chi connectivity index (χ0) is 14.2. The topological polar surface area (TPSA) is 62.2 Å². The molecule has 2 heterocycles. The first-order valence-electron chi connectivity index (χ1n) is 6.71. The van der Waals surface area contributed by atoms with E-state index < -0.39 is 0 Å². The van der Waals surface area contributed by atoms with Crippen molar-refractivity contribution >= 4 is 34.1 Å². The summed E-state index contributed by atoms with van der Waals surface area (Å²) in [6.45, 7) is 0.0646. The van der Waals surface area contributed by atoms with Gasteiger partial charge in [0, 0.05) is 12.8 Å². The fraction of sp³-hybridized carbons (Fsp3) is 0.571. The van der Waals surface area contributed by atoms with Gasteiger partial charge in [0.15, 0.2) is 5.13 Å². The van der Waals surface area contributed by atoms with Gasteiger partial charge in [-0.2, -0.15) is 11.8 Å². The Kier molecular flexibility index (Phi) is 6.37. The van der Waals surface area contributed by atoms with Gasteiger partial charge in [0.1, 0.15) is 0 Å². The highest BCUT2D eigenvalue weighted by Crippen LogP contribution is 2.26. The normalized spacial score (nSPS) is 15.4. The Hall–Kier alpha value is -1.03. The van der Waals surface area contributed by atoms with Gasteiger partial charge in [-0.3, -0.25) is 4.79 Å². The maximum Gasteiger partial charge on any atom is 0.226 e. The molecule has 108 valence electrons. The number of nitrogens with one attached hydrogen (secondary N) is 1. The minimum absolute atomic E-state index is 0.0473. The van der Waals surface area contributed by atoms with E-state index in [9.17, 15) is 4.79 Å². The van der Waals surface area contributed by atoms with Crippen molar-refractivity contribution in [2.24, 2.45) is 5.92 Å². The quantitative estimate of drug-likeness (QED) is 0.838. The van der Waals surface area contributed by atoms with Crippen molar-refractivity contribution in [3.05, 3.63) is 11.1 Å². The number of anilines is 1. The number of nitrogens with zero attached hydrogens (tertiary/aromatic N) is 1. The highest BCUT2D eigenvalue weighted by molar-refractivity contribution is 7.99. The van der Waals surface area contributed by atoms with E-state index in [4.69, 9.17) is 5.11 Å². The third-order valence-electron chi connectivity index (χ3n) is 3.02. The zero-order valence-corrected chi connectivity index (χ0v) is 12.9. The molecule has 20 heavy (non-hydrogen) atoms. The molecule has 0 saturated carbocycles. The molecule has 2 N–H and O–H groups in total. The molecule has 0 spiro atoms. The van der Waals surface area contributed by atoms with Gasteiger partial charge in [-0.25, -0.2) is 4.98 Å². The number of thioether (sulfide) groups is 1. The highest BCUT2D eigenvalue weighted by Gasteiger charge is 2.17. The van der Waals surface area contributed by atoms with E-state index in [-0.39, 0.29) is 12.5 Å². The van der Waals surface area contributed by atoms with Crippen LogP contribution in [0, 0.1) is 17.8 Å². The molecule has 0 bridgehead atoms. The van der Waals surface area contributed by atoms with Crippen molar-refractivity contribution in [3.63, 3.8) is 0 Å². The molecule has 1 fully saturated rings. The Bertz CT molecular complexity index is 499. The number of amides is 1. The SMILES string of the molecule is O=C(CC1CCSCC1)Nc1ncc(C#CCCO)s1. The maximum atomic E-state index is 11.9. The minimum Gasteiger partial charge on any atom is -0.395 e. The van der Waals surface area contributed by atoms with Crippen molar-refractivity contribution in [2.75, 3.05) is 23.4 Å². The number of hydrogen-bond acceptors (Lipinski definition) is 5. The average Bonchev–Trinajstić information content (AvgIpc) is 2.87. The second-order valence-corrected chi connectivity index (χ2v) is 6.87. The second-order valence-electron chi connectivity index (χ2n) is 4.61. The Morgan fingerprint density at radius 2 is 2.30 bits per heavy atom. The summed E-state index contributed by atoms with van der Waals surface area (Å²) in [7, 11) is 0. The highest BCUT2D eigenvalue weighted by atomic mass is 32.2. The zero-order valence-electron chi connectivity index (χ0n) is 11.2. The van der Waals surface area contributed by atoms with Crippen LogP contribution in [0.5, 0.6) is 0 Å². The molecule has 0 radical (unpaired) electrons. The average molecular weight is 310 g/mol. The first-order valence-corrected chi connectivity index (χ1v) is 8.68. The third-order valence-corrected chi connectivity index (χ3v) is 4.89. The second kappa shape index (κ2) is 8.30. The lowest BCUT2D eigenvalue weighted by molar-refractivity contribution is -0.117. The van der Waals surface area contributed by atoms with E-state index in [0.717, 1.165) is 17.7 Å². The molecule has 0 atom stereocenters. The van der Waals surface area contributed by atoms with E-state index in [1.807, 2.05) is 11.8 Å². The number of carbonyl (C=O) groups is 1. The largest absolute Gasteiger partial charge is 0.395 e. The van der Waals surface area contributed by atoms with Crippen LogP contribution in [0.2, 0.25) is 0 Å².